The lowest BCUT2D eigenvalue weighted by molar-refractivity contribution is 0.0209. The second-order valence-corrected chi connectivity index (χ2v) is 7.28. The third kappa shape index (κ3) is 3.32. The number of rotatable bonds is 3. The van der Waals surface area contributed by atoms with E-state index in [1.165, 1.54) is 56.3 Å². The number of hydrogen-bond donors (Lipinski definition) is 1. The van der Waals surface area contributed by atoms with E-state index in [2.05, 4.69) is 48.3 Å². The minimum atomic E-state index is 0.438. The molecule has 1 aliphatic heterocycles. The fourth-order valence-electron chi connectivity index (χ4n) is 4.06. The summed E-state index contributed by atoms with van der Waals surface area (Å²) in [6.07, 6.45) is 7.00. The van der Waals surface area contributed by atoms with Crippen LogP contribution in [0.2, 0.25) is 0 Å². The molecule has 2 fully saturated rings. The molecule has 0 amide bonds. The summed E-state index contributed by atoms with van der Waals surface area (Å²) in [6, 6.07) is 9.31. The molecule has 1 saturated carbocycles. The van der Waals surface area contributed by atoms with Crippen molar-refractivity contribution >= 4 is 0 Å². The van der Waals surface area contributed by atoms with Gasteiger partial charge in [0.15, 0.2) is 0 Å². The quantitative estimate of drug-likeness (QED) is 0.906. The van der Waals surface area contributed by atoms with Crippen molar-refractivity contribution in [2.24, 2.45) is 0 Å². The summed E-state index contributed by atoms with van der Waals surface area (Å²) >= 11 is 0. The molecule has 1 N–H and O–H groups in total. The molecule has 0 unspecified atom stereocenters. The van der Waals surface area contributed by atoms with Crippen molar-refractivity contribution in [3.63, 3.8) is 0 Å². The molecule has 0 atom stereocenters. The van der Waals surface area contributed by atoms with E-state index in [1.54, 1.807) is 0 Å². The topological polar surface area (TPSA) is 15.3 Å². The van der Waals surface area contributed by atoms with Gasteiger partial charge >= 0.3 is 0 Å². The average molecular weight is 286 g/mol. The van der Waals surface area contributed by atoms with Gasteiger partial charge in [0, 0.05) is 31.7 Å². The summed E-state index contributed by atoms with van der Waals surface area (Å²) in [7, 11) is 0. The number of nitrogens with zero attached hydrogens (tertiary/aromatic N) is 1. The van der Waals surface area contributed by atoms with E-state index < -0.39 is 0 Å². The van der Waals surface area contributed by atoms with Crippen molar-refractivity contribution in [1.29, 1.82) is 0 Å². The van der Waals surface area contributed by atoms with Crippen LogP contribution in [0.1, 0.15) is 63.0 Å². The molecular weight excluding hydrogens is 256 g/mol. The molecule has 2 heteroatoms. The van der Waals surface area contributed by atoms with E-state index in [9.17, 15) is 0 Å². The lowest BCUT2D eigenvalue weighted by atomic mass is 9.79. The highest BCUT2D eigenvalue weighted by molar-refractivity contribution is 5.25. The number of benzene rings is 1. The maximum Gasteiger partial charge on any atom is 0.0338 e. The Morgan fingerprint density at radius 2 is 1.81 bits per heavy atom. The Balaban J connectivity index is 1.72. The summed E-state index contributed by atoms with van der Waals surface area (Å²) in [5, 5.41) is 3.64. The molecule has 3 rings (SSSR count). The van der Waals surface area contributed by atoms with Gasteiger partial charge in [-0.3, -0.25) is 4.90 Å². The molecule has 21 heavy (non-hydrogen) atoms. The Hall–Kier alpha value is -0.860. The third-order valence-corrected chi connectivity index (χ3v) is 5.49. The molecular formula is C19H30N2. The first-order valence-electron chi connectivity index (χ1n) is 8.74. The van der Waals surface area contributed by atoms with E-state index in [1.807, 2.05) is 0 Å². The smallest absolute Gasteiger partial charge is 0.0338 e. The Morgan fingerprint density at radius 1 is 1.10 bits per heavy atom. The third-order valence-electron chi connectivity index (χ3n) is 5.49. The molecule has 1 aliphatic carbocycles. The first-order chi connectivity index (χ1) is 10.2. The molecule has 0 aromatic heterocycles. The summed E-state index contributed by atoms with van der Waals surface area (Å²) in [4.78, 5) is 2.77. The fraction of sp³-hybridized carbons (Fsp3) is 0.684. The number of hydrogen-bond acceptors (Lipinski definition) is 2. The second kappa shape index (κ2) is 6.50. The van der Waals surface area contributed by atoms with Crippen LogP contribution < -0.4 is 5.32 Å². The Morgan fingerprint density at radius 3 is 2.48 bits per heavy atom. The van der Waals surface area contributed by atoms with E-state index in [0.29, 0.717) is 11.5 Å². The van der Waals surface area contributed by atoms with Gasteiger partial charge in [-0.25, -0.2) is 0 Å². The fourth-order valence-corrected chi connectivity index (χ4v) is 4.06. The molecule has 0 bridgehead atoms. The van der Waals surface area contributed by atoms with Crippen LogP contribution in [-0.2, 0) is 6.54 Å². The van der Waals surface area contributed by atoms with Gasteiger partial charge in [0.2, 0.25) is 0 Å². The maximum absolute atomic E-state index is 3.64. The monoisotopic (exact) mass is 286 g/mol. The summed E-state index contributed by atoms with van der Waals surface area (Å²) in [6.45, 7) is 9.19. The Bertz CT molecular complexity index is 435. The van der Waals surface area contributed by atoms with Crippen LogP contribution in [-0.4, -0.2) is 30.1 Å². The van der Waals surface area contributed by atoms with Gasteiger partial charge in [-0.2, -0.15) is 0 Å². The second-order valence-electron chi connectivity index (χ2n) is 7.28. The SMILES string of the molecule is CC(C)c1ccc(CN2CCNCC23CCCCC3)cc1. The van der Waals surface area contributed by atoms with Crippen molar-refractivity contribution in [2.45, 2.75) is 64.0 Å². The summed E-state index contributed by atoms with van der Waals surface area (Å²) in [5.74, 6) is 0.628. The number of nitrogens with one attached hydrogen (secondary N) is 1. The highest BCUT2D eigenvalue weighted by Gasteiger charge is 2.39. The molecule has 1 spiro atoms. The standard InChI is InChI=1S/C19H30N2/c1-16(2)18-8-6-17(7-9-18)14-21-13-12-20-15-19(21)10-4-3-5-11-19/h6-9,16,20H,3-5,10-15H2,1-2H3. The van der Waals surface area contributed by atoms with Gasteiger partial charge in [0.1, 0.15) is 0 Å². The van der Waals surface area contributed by atoms with Crippen molar-refractivity contribution in [1.82, 2.24) is 10.2 Å². The molecule has 2 nitrogen and oxygen atoms in total. The first-order valence-corrected chi connectivity index (χ1v) is 8.74. The first kappa shape index (κ1) is 15.1. The molecule has 116 valence electrons. The van der Waals surface area contributed by atoms with Gasteiger partial charge in [-0.15, -0.1) is 0 Å². The molecule has 1 heterocycles. The molecule has 0 radical (unpaired) electrons. The van der Waals surface area contributed by atoms with E-state index in [-0.39, 0.29) is 0 Å². The minimum absolute atomic E-state index is 0.438. The average Bonchev–Trinajstić information content (AvgIpc) is 2.51. The van der Waals surface area contributed by atoms with E-state index in [4.69, 9.17) is 0 Å². The van der Waals surface area contributed by atoms with Crippen LogP contribution >= 0.6 is 0 Å². The van der Waals surface area contributed by atoms with Crippen molar-refractivity contribution in [2.75, 3.05) is 19.6 Å². The Kier molecular flexibility index (Phi) is 4.66. The molecule has 2 aliphatic rings. The number of piperazine rings is 1. The van der Waals surface area contributed by atoms with Gasteiger partial charge in [0.25, 0.3) is 0 Å². The van der Waals surface area contributed by atoms with Crippen LogP contribution in [0.4, 0.5) is 0 Å². The predicted molar refractivity (Wildman–Crippen MR) is 89.6 cm³/mol. The zero-order valence-electron chi connectivity index (χ0n) is 13.7. The van der Waals surface area contributed by atoms with Crippen LogP contribution in [0, 0.1) is 0 Å². The van der Waals surface area contributed by atoms with Gasteiger partial charge < -0.3 is 5.32 Å². The maximum atomic E-state index is 3.64. The van der Waals surface area contributed by atoms with Crippen molar-refractivity contribution in [3.05, 3.63) is 35.4 Å². The zero-order valence-corrected chi connectivity index (χ0v) is 13.7. The van der Waals surface area contributed by atoms with Crippen LogP contribution in [0.3, 0.4) is 0 Å². The van der Waals surface area contributed by atoms with Gasteiger partial charge in [0.05, 0.1) is 0 Å². The van der Waals surface area contributed by atoms with Crippen LogP contribution in [0.25, 0.3) is 0 Å². The van der Waals surface area contributed by atoms with Crippen molar-refractivity contribution in [3.8, 4) is 0 Å². The molecule has 1 aromatic carbocycles. The summed E-state index contributed by atoms with van der Waals surface area (Å²) in [5.41, 5.74) is 3.37. The predicted octanol–water partition coefficient (Wildman–Crippen LogP) is 3.92. The molecule has 1 saturated heterocycles. The minimum Gasteiger partial charge on any atom is -0.314 e. The lowest BCUT2D eigenvalue weighted by Gasteiger charge is -2.50. The van der Waals surface area contributed by atoms with Crippen LogP contribution in [0.15, 0.2) is 24.3 Å². The van der Waals surface area contributed by atoms with E-state index in [0.717, 1.165) is 13.1 Å². The van der Waals surface area contributed by atoms with Crippen LogP contribution in [0.5, 0.6) is 0 Å². The largest absolute Gasteiger partial charge is 0.314 e. The highest BCUT2D eigenvalue weighted by Crippen LogP contribution is 2.35. The van der Waals surface area contributed by atoms with Gasteiger partial charge in [-0.1, -0.05) is 57.4 Å². The van der Waals surface area contributed by atoms with Gasteiger partial charge in [-0.05, 0) is 29.9 Å². The van der Waals surface area contributed by atoms with E-state index >= 15 is 0 Å². The van der Waals surface area contributed by atoms with Crippen molar-refractivity contribution < 1.29 is 0 Å². The highest BCUT2D eigenvalue weighted by atomic mass is 15.3. The zero-order chi connectivity index (χ0) is 14.7. The Labute approximate surface area is 129 Å². The lowest BCUT2D eigenvalue weighted by Crippen LogP contribution is -2.61. The molecule has 1 aromatic rings. The normalized spacial score (nSPS) is 22.8. The summed E-state index contributed by atoms with van der Waals surface area (Å²) < 4.78 is 0.